The van der Waals surface area contributed by atoms with Gasteiger partial charge in [-0.05, 0) is 49.8 Å². The average molecular weight is 404 g/mol. The van der Waals surface area contributed by atoms with Gasteiger partial charge in [-0.25, -0.2) is 13.1 Å². The third-order valence-electron chi connectivity index (χ3n) is 5.21. The van der Waals surface area contributed by atoms with Crippen LogP contribution in [0.3, 0.4) is 0 Å². The van der Waals surface area contributed by atoms with Crippen LogP contribution in [0.25, 0.3) is 10.9 Å². The lowest BCUT2D eigenvalue weighted by atomic mass is 10.1. The van der Waals surface area contributed by atoms with Crippen LogP contribution in [0, 0.1) is 12.8 Å². The Bertz CT molecular complexity index is 957. The molecule has 2 heterocycles. The van der Waals surface area contributed by atoms with Crippen molar-refractivity contribution in [2.24, 2.45) is 5.92 Å². The van der Waals surface area contributed by atoms with Gasteiger partial charge in [0.2, 0.25) is 15.9 Å². The summed E-state index contributed by atoms with van der Waals surface area (Å²) in [4.78, 5) is 18.8. The van der Waals surface area contributed by atoms with Gasteiger partial charge >= 0.3 is 0 Å². The molecule has 0 saturated carbocycles. The number of hydrogen-bond donors (Lipinski definition) is 1. The van der Waals surface area contributed by atoms with Crippen LogP contribution in [0.15, 0.2) is 35.4 Å². The molecule has 1 aliphatic heterocycles. The van der Waals surface area contributed by atoms with Crippen LogP contribution in [0.1, 0.15) is 45.1 Å². The van der Waals surface area contributed by atoms with Crippen molar-refractivity contribution in [3.05, 3.63) is 36.0 Å². The van der Waals surface area contributed by atoms with Crippen molar-refractivity contribution in [1.82, 2.24) is 14.6 Å². The Morgan fingerprint density at radius 2 is 2.07 bits per heavy atom. The predicted octanol–water partition coefficient (Wildman–Crippen LogP) is 3.25. The maximum absolute atomic E-state index is 13.0. The minimum absolute atomic E-state index is 0.115. The molecule has 3 rings (SSSR count). The molecule has 0 bridgehead atoms. The number of carbonyl (C=O) groups excluding carboxylic acids is 1. The Labute approximate surface area is 167 Å². The van der Waals surface area contributed by atoms with Crippen LogP contribution >= 0.6 is 0 Å². The van der Waals surface area contributed by atoms with Crippen LogP contribution in [-0.2, 0) is 14.8 Å². The predicted molar refractivity (Wildman–Crippen MR) is 110 cm³/mol. The van der Waals surface area contributed by atoms with Crippen LogP contribution in [0.4, 0.5) is 0 Å². The molecule has 1 aromatic carbocycles. The number of aryl methyl sites for hydroxylation is 1. The highest BCUT2D eigenvalue weighted by Crippen LogP contribution is 2.23. The number of rotatable bonds is 6. The first-order chi connectivity index (χ1) is 13.3. The highest BCUT2D eigenvalue weighted by molar-refractivity contribution is 7.89. The second kappa shape index (κ2) is 8.57. The fraction of sp³-hybridized carbons (Fsp3) is 0.524. The van der Waals surface area contributed by atoms with E-state index >= 15 is 0 Å². The Balaban J connectivity index is 1.75. The maximum Gasteiger partial charge on any atom is 0.242 e. The molecule has 1 N–H and O–H groups in total. The van der Waals surface area contributed by atoms with E-state index in [4.69, 9.17) is 0 Å². The van der Waals surface area contributed by atoms with Crippen LogP contribution in [-0.4, -0.2) is 43.3 Å². The van der Waals surface area contributed by atoms with Gasteiger partial charge in [-0.2, -0.15) is 0 Å². The van der Waals surface area contributed by atoms with Crippen LogP contribution in [0.5, 0.6) is 0 Å². The smallest absolute Gasteiger partial charge is 0.242 e. The third kappa shape index (κ3) is 4.89. The van der Waals surface area contributed by atoms with E-state index in [1.54, 1.807) is 18.3 Å². The number of carbonyl (C=O) groups is 1. The monoisotopic (exact) mass is 403 g/mol. The van der Waals surface area contributed by atoms with Gasteiger partial charge in [0, 0.05) is 37.1 Å². The summed E-state index contributed by atoms with van der Waals surface area (Å²) in [5.74, 6) is 0.650. The van der Waals surface area contributed by atoms with Crippen LogP contribution < -0.4 is 4.72 Å². The van der Waals surface area contributed by atoms with Crippen molar-refractivity contribution in [3.8, 4) is 0 Å². The van der Waals surface area contributed by atoms with E-state index in [0.717, 1.165) is 23.9 Å². The Kier molecular flexibility index (Phi) is 6.35. The summed E-state index contributed by atoms with van der Waals surface area (Å²) >= 11 is 0. The number of benzene rings is 1. The van der Waals surface area contributed by atoms with Gasteiger partial charge in [0.15, 0.2) is 0 Å². The molecule has 152 valence electrons. The summed E-state index contributed by atoms with van der Waals surface area (Å²) < 4.78 is 28.9. The number of para-hydroxylation sites is 1. The quantitative estimate of drug-likeness (QED) is 0.803. The van der Waals surface area contributed by atoms with Gasteiger partial charge < -0.3 is 4.90 Å². The molecule has 1 atom stereocenters. The zero-order valence-electron chi connectivity index (χ0n) is 16.8. The molecule has 1 unspecified atom stereocenters. The minimum atomic E-state index is -3.72. The van der Waals surface area contributed by atoms with Crippen molar-refractivity contribution in [3.63, 3.8) is 0 Å². The summed E-state index contributed by atoms with van der Waals surface area (Å²) in [6.07, 6.45) is 4.16. The maximum atomic E-state index is 13.0. The lowest BCUT2D eigenvalue weighted by Crippen LogP contribution is -2.36. The topological polar surface area (TPSA) is 79.4 Å². The van der Waals surface area contributed by atoms with E-state index in [-0.39, 0.29) is 16.8 Å². The molecular formula is C21H29N3O3S. The van der Waals surface area contributed by atoms with E-state index < -0.39 is 10.0 Å². The standard InChI is InChI=1S/C21H29N3O3S/c1-15(2)9-11-24-12-10-18(7-8-20(24)25)23-28(26,27)19-6-4-5-17-13-16(3)14-22-21(17)19/h4-6,13-15,18,23H,7-12H2,1-3H3. The molecule has 1 amide bonds. The normalized spacial score (nSPS) is 18.6. The summed E-state index contributed by atoms with van der Waals surface area (Å²) in [5, 5.41) is 0.804. The summed E-state index contributed by atoms with van der Waals surface area (Å²) in [6.45, 7) is 7.53. The Hall–Kier alpha value is -1.99. The summed E-state index contributed by atoms with van der Waals surface area (Å²) in [7, 11) is -3.72. The number of pyridine rings is 1. The Morgan fingerprint density at radius 1 is 1.29 bits per heavy atom. The van der Waals surface area contributed by atoms with Crippen molar-refractivity contribution >= 4 is 26.8 Å². The van der Waals surface area contributed by atoms with E-state index in [2.05, 4.69) is 23.6 Å². The highest BCUT2D eigenvalue weighted by atomic mass is 32.2. The number of sulfonamides is 1. The van der Waals surface area contributed by atoms with E-state index in [1.165, 1.54) is 0 Å². The third-order valence-corrected chi connectivity index (χ3v) is 6.76. The van der Waals surface area contributed by atoms with Crippen molar-refractivity contribution in [1.29, 1.82) is 0 Å². The first-order valence-electron chi connectivity index (χ1n) is 9.92. The van der Waals surface area contributed by atoms with Crippen molar-refractivity contribution in [2.45, 2.75) is 57.4 Å². The number of hydrogen-bond acceptors (Lipinski definition) is 4. The zero-order valence-corrected chi connectivity index (χ0v) is 17.6. The first kappa shape index (κ1) is 20.7. The van der Waals surface area contributed by atoms with Gasteiger partial charge in [0.1, 0.15) is 4.90 Å². The lowest BCUT2D eigenvalue weighted by Gasteiger charge is -2.22. The zero-order chi connectivity index (χ0) is 20.3. The SMILES string of the molecule is Cc1cnc2c(S(=O)(=O)NC3CCC(=O)N(CCC(C)C)CC3)cccc2c1. The van der Waals surface area contributed by atoms with Gasteiger partial charge in [-0.15, -0.1) is 0 Å². The fourth-order valence-electron chi connectivity index (χ4n) is 3.55. The number of aromatic nitrogens is 1. The molecule has 0 radical (unpaired) electrons. The van der Waals surface area contributed by atoms with E-state index in [1.807, 2.05) is 24.0 Å². The van der Waals surface area contributed by atoms with Crippen LogP contribution in [0.2, 0.25) is 0 Å². The van der Waals surface area contributed by atoms with Crippen molar-refractivity contribution in [2.75, 3.05) is 13.1 Å². The largest absolute Gasteiger partial charge is 0.343 e. The molecule has 7 heteroatoms. The number of nitrogens with one attached hydrogen (secondary N) is 1. The van der Waals surface area contributed by atoms with E-state index in [9.17, 15) is 13.2 Å². The molecule has 1 fully saturated rings. The number of amides is 1. The molecule has 1 saturated heterocycles. The summed E-state index contributed by atoms with van der Waals surface area (Å²) in [6, 6.07) is 6.87. The number of fused-ring (bicyclic) bond motifs is 1. The van der Waals surface area contributed by atoms with Gasteiger partial charge in [0.25, 0.3) is 0 Å². The lowest BCUT2D eigenvalue weighted by molar-refractivity contribution is -0.130. The molecular weight excluding hydrogens is 374 g/mol. The van der Waals surface area contributed by atoms with Crippen molar-refractivity contribution < 1.29 is 13.2 Å². The highest BCUT2D eigenvalue weighted by Gasteiger charge is 2.27. The van der Waals surface area contributed by atoms with Gasteiger partial charge in [0.05, 0.1) is 5.52 Å². The first-order valence-corrected chi connectivity index (χ1v) is 11.4. The van der Waals surface area contributed by atoms with Gasteiger partial charge in [-0.3, -0.25) is 9.78 Å². The molecule has 1 aromatic heterocycles. The molecule has 2 aromatic rings. The number of likely N-dealkylation sites (tertiary alicyclic amines) is 1. The molecule has 1 aliphatic rings. The molecule has 6 nitrogen and oxygen atoms in total. The second-order valence-electron chi connectivity index (χ2n) is 8.05. The molecule has 28 heavy (non-hydrogen) atoms. The Morgan fingerprint density at radius 3 is 2.82 bits per heavy atom. The fourth-order valence-corrected chi connectivity index (χ4v) is 5.03. The molecule has 0 aliphatic carbocycles. The van der Waals surface area contributed by atoms with Gasteiger partial charge in [-0.1, -0.05) is 26.0 Å². The molecule has 0 spiro atoms. The number of nitrogens with zero attached hydrogens (tertiary/aromatic N) is 2. The minimum Gasteiger partial charge on any atom is -0.343 e. The average Bonchev–Trinajstić information content (AvgIpc) is 2.80. The summed E-state index contributed by atoms with van der Waals surface area (Å²) in [5.41, 5.74) is 1.46. The second-order valence-corrected chi connectivity index (χ2v) is 9.73. The van der Waals surface area contributed by atoms with E-state index in [0.29, 0.717) is 37.2 Å².